The van der Waals surface area contributed by atoms with Crippen molar-refractivity contribution >= 4 is 17.7 Å². The predicted octanol–water partition coefficient (Wildman–Crippen LogP) is 2.51. The van der Waals surface area contributed by atoms with Crippen LogP contribution < -0.4 is 5.73 Å². The van der Waals surface area contributed by atoms with E-state index in [1.165, 1.54) is 6.42 Å². The van der Waals surface area contributed by atoms with Gasteiger partial charge >= 0.3 is 0 Å². The Labute approximate surface area is 89.5 Å². The average Bonchev–Trinajstić information content (AvgIpc) is 2.12. The second-order valence-electron chi connectivity index (χ2n) is 3.53. The first-order valence-electron chi connectivity index (χ1n) is 4.85. The van der Waals surface area contributed by atoms with Crippen molar-refractivity contribution < 1.29 is 0 Å². The van der Waals surface area contributed by atoms with Crippen molar-refractivity contribution in [3.05, 3.63) is 11.8 Å². The molecular weight excluding hydrogens is 194 g/mol. The molecule has 1 unspecified atom stereocenters. The van der Waals surface area contributed by atoms with Gasteiger partial charge in [0.25, 0.3) is 0 Å². The molecule has 0 aliphatic rings. The lowest BCUT2D eigenvalue weighted by atomic mass is 10.2. The number of aryl methyl sites for hydroxylation is 1. The lowest BCUT2D eigenvalue weighted by Crippen LogP contribution is -2.00. The molecule has 0 radical (unpaired) electrons. The van der Waals surface area contributed by atoms with Gasteiger partial charge in [0.05, 0.1) is 0 Å². The summed E-state index contributed by atoms with van der Waals surface area (Å²) < 4.78 is 0. The standard InChI is InChI=1S/C10H17N3S/c1-4-7(2)6-14-9-5-8(3)12-10(11)13-9/h5,7H,4,6H2,1-3H3,(H2,11,12,13). The second-order valence-corrected chi connectivity index (χ2v) is 4.57. The molecule has 1 aromatic heterocycles. The predicted molar refractivity (Wildman–Crippen MR) is 61.4 cm³/mol. The van der Waals surface area contributed by atoms with Crippen LogP contribution >= 0.6 is 11.8 Å². The van der Waals surface area contributed by atoms with Gasteiger partial charge in [-0.25, -0.2) is 9.97 Å². The minimum absolute atomic E-state index is 0.372. The van der Waals surface area contributed by atoms with E-state index in [1.54, 1.807) is 11.8 Å². The minimum Gasteiger partial charge on any atom is -0.368 e. The molecule has 1 atom stereocenters. The van der Waals surface area contributed by atoms with Crippen molar-refractivity contribution in [3.8, 4) is 0 Å². The van der Waals surface area contributed by atoms with E-state index in [0.717, 1.165) is 22.4 Å². The zero-order valence-electron chi connectivity index (χ0n) is 8.95. The number of hydrogen-bond acceptors (Lipinski definition) is 4. The average molecular weight is 211 g/mol. The van der Waals surface area contributed by atoms with Crippen LogP contribution in [0.4, 0.5) is 5.95 Å². The third-order valence-corrected chi connectivity index (χ3v) is 3.30. The van der Waals surface area contributed by atoms with E-state index in [9.17, 15) is 0 Å². The molecule has 1 rings (SSSR count). The maximum Gasteiger partial charge on any atom is 0.221 e. The van der Waals surface area contributed by atoms with E-state index in [-0.39, 0.29) is 0 Å². The first-order chi connectivity index (χ1) is 6.61. The number of rotatable bonds is 4. The number of aromatic nitrogens is 2. The van der Waals surface area contributed by atoms with E-state index in [2.05, 4.69) is 23.8 Å². The fraction of sp³-hybridized carbons (Fsp3) is 0.600. The van der Waals surface area contributed by atoms with E-state index in [4.69, 9.17) is 5.73 Å². The van der Waals surface area contributed by atoms with E-state index in [0.29, 0.717) is 5.95 Å². The van der Waals surface area contributed by atoms with Gasteiger partial charge in [0.15, 0.2) is 0 Å². The molecule has 0 bridgehead atoms. The third-order valence-electron chi connectivity index (χ3n) is 2.06. The topological polar surface area (TPSA) is 51.8 Å². The molecule has 0 aliphatic carbocycles. The van der Waals surface area contributed by atoms with Crippen LogP contribution in [0.25, 0.3) is 0 Å². The van der Waals surface area contributed by atoms with Crippen molar-refractivity contribution in [2.24, 2.45) is 5.92 Å². The van der Waals surface area contributed by atoms with Crippen LogP contribution in [0.2, 0.25) is 0 Å². The smallest absolute Gasteiger partial charge is 0.221 e. The summed E-state index contributed by atoms with van der Waals surface area (Å²) in [6.07, 6.45) is 1.20. The first kappa shape index (κ1) is 11.3. The van der Waals surface area contributed by atoms with E-state index >= 15 is 0 Å². The summed E-state index contributed by atoms with van der Waals surface area (Å²) in [6.45, 7) is 6.38. The fourth-order valence-corrected chi connectivity index (χ4v) is 2.08. The Morgan fingerprint density at radius 3 is 2.79 bits per heavy atom. The Morgan fingerprint density at radius 1 is 1.50 bits per heavy atom. The zero-order chi connectivity index (χ0) is 10.6. The molecule has 4 heteroatoms. The summed E-state index contributed by atoms with van der Waals surface area (Å²) in [5.41, 5.74) is 6.50. The van der Waals surface area contributed by atoms with E-state index < -0.39 is 0 Å². The molecule has 0 aromatic carbocycles. The van der Waals surface area contributed by atoms with Gasteiger partial charge in [-0.15, -0.1) is 11.8 Å². The van der Waals surface area contributed by atoms with Crippen molar-refractivity contribution in [2.45, 2.75) is 32.2 Å². The highest BCUT2D eigenvalue weighted by Gasteiger charge is 2.03. The lowest BCUT2D eigenvalue weighted by molar-refractivity contribution is 0.636. The summed E-state index contributed by atoms with van der Waals surface area (Å²) in [4.78, 5) is 8.20. The van der Waals surface area contributed by atoms with Crippen molar-refractivity contribution in [1.29, 1.82) is 0 Å². The summed E-state index contributed by atoms with van der Waals surface area (Å²) in [6, 6.07) is 1.98. The van der Waals surface area contributed by atoms with Crippen molar-refractivity contribution in [1.82, 2.24) is 9.97 Å². The molecule has 0 saturated carbocycles. The number of hydrogen-bond donors (Lipinski definition) is 1. The largest absolute Gasteiger partial charge is 0.368 e. The molecular formula is C10H17N3S. The number of nitrogen functional groups attached to an aromatic ring is 1. The Bertz CT molecular complexity index is 281. The monoisotopic (exact) mass is 211 g/mol. The van der Waals surface area contributed by atoms with Crippen LogP contribution in [-0.2, 0) is 0 Å². The van der Waals surface area contributed by atoms with Gasteiger partial charge in [-0.2, -0.15) is 0 Å². The lowest BCUT2D eigenvalue weighted by Gasteiger charge is -2.07. The van der Waals surface area contributed by atoms with Gasteiger partial charge in [0.1, 0.15) is 5.03 Å². The van der Waals surface area contributed by atoms with Crippen LogP contribution in [0.3, 0.4) is 0 Å². The number of nitrogens with zero attached hydrogens (tertiary/aromatic N) is 2. The summed E-state index contributed by atoms with van der Waals surface area (Å²) in [7, 11) is 0. The highest BCUT2D eigenvalue weighted by molar-refractivity contribution is 7.99. The Kier molecular flexibility index (Phi) is 4.20. The minimum atomic E-state index is 0.372. The number of anilines is 1. The SMILES string of the molecule is CCC(C)CSc1cc(C)nc(N)n1. The molecule has 0 fully saturated rings. The molecule has 1 heterocycles. The maximum atomic E-state index is 5.56. The second kappa shape index (κ2) is 5.20. The van der Waals surface area contributed by atoms with Crippen LogP contribution in [0, 0.1) is 12.8 Å². The summed E-state index contributed by atoms with van der Waals surface area (Å²) in [5.74, 6) is 2.18. The Balaban J connectivity index is 2.58. The highest BCUT2D eigenvalue weighted by atomic mass is 32.2. The van der Waals surface area contributed by atoms with Crippen molar-refractivity contribution in [3.63, 3.8) is 0 Å². The molecule has 78 valence electrons. The van der Waals surface area contributed by atoms with Gasteiger partial charge in [-0.1, -0.05) is 20.3 Å². The van der Waals surface area contributed by atoms with E-state index in [1.807, 2.05) is 13.0 Å². The molecule has 0 amide bonds. The first-order valence-corrected chi connectivity index (χ1v) is 5.84. The van der Waals surface area contributed by atoms with Gasteiger partial charge in [0.2, 0.25) is 5.95 Å². The Morgan fingerprint density at radius 2 is 2.21 bits per heavy atom. The summed E-state index contributed by atoms with van der Waals surface area (Å²) >= 11 is 1.75. The Hall–Kier alpha value is -0.770. The number of nitrogens with two attached hydrogens (primary N) is 1. The zero-order valence-corrected chi connectivity index (χ0v) is 9.77. The van der Waals surface area contributed by atoms with Gasteiger partial charge in [-0.3, -0.25) is 0 Å². The molecule has 0 saturated heterocycles. The fourth-order valence-electron chi connectivity index (χ4n) is 0.981. The highest BCUT2D eigenvalue weighted by Crippen LogP contribution is 2.20. The molecule has 14 heavy (non-hydrogen) atoms. The van der Waals surface area contributed by atoms with Crippen molar-refractivity contribution in [2.75, 3.05) is 11.5 Å². The molecule has 1 aromatic rings. The third kappa shape index (κ3) is 3.54. The normalized spacial score (nSPS) is 12.8. The van der Waals surface area contributed by atoms with Crippen LogP contribution in [0.15, 0.2) is 11.1 Å². The van der Waals surface area contributed by atoms with Gasteiger partial charge < -0.3 is 5.73 Å². The van der Waals surface area contributed by atoms with Crippen LogP contribution in [0.1, 0.15) is 26.0 Å². The van der Waals surface area contributed by atoms with Crippen LogP contribution in [-0.4, -0.2) is 15.7 Å². The van der Waals surface area contributed by atoms with Gasteiger partial charge in [0, 0.05) is 11.4 Å². The maximum absolute atomic E-state index is 5.56. The molecule has 0 spiro atoms. The molecule has 3 nitrogen and oxygen atoms in total. The quantitative estimate of drug-likeness (QED) is 0.614. The number of thioether (sulfide) groups is 1. The summed E-state index contributed by atoms with van der Waals surface area (Å²) in [5, 5.41) is 0.982. The molecule has 0 aliphatic heterocycles. The van der Waals surface area contributed by atoms with Gasteiger partial charge in [-0.05, 0) is 18.9 Å². The molecule has 2 N–H and O–H groups in total. The van der Waals surface area contributed by atoms with Crippen LogP contribution in [0.5, 0.6) is 0 Å².